The number of carbonyl (C=O) groups excluding carboxylic acids is 1. The second-order valence-corrected chi connectivity index (χ2v) is 9.75. The highest BCUT2D eigenvalue weighted by Crippen LogP contribution is 2.29. The van der Waals surface area contributed by atoms with E-state index in [4.69, 9.17) is 4.74 Å². The number of aromatic nitrogens is 1. The van der Waals surface area contributed by atoms with Crippen molar-refractivity contribution in [3.8, 4) is 5.75 Å². The van der Waals surface area contributed by atoms with Gasteiger partial charge in [-0.25, -0.2) is 13.4 Å². The number of fused-ring (bicyclic) bond motifs is 1. The number of hydrogen-bond acceptors (Lipinski definition) is 7. The van der Waals surface area contributed by atoms with E-state index < -0.39 is 21.5 Å². The van der Waals surface area contributed by atoms with E-state index in [1.807, 2.05) is 43.3 Å². The predicted molar refractivity (Wildman–Crippen MR) is 116 cm³/mol. The molecule has 0 aliphatic carbocycles. The van der Waals surface area contributed by atoms with Gasteiger partial charge >= 0.3 is 0 Å². The number of benzene rings is 2. The molecule has 0 fully saturated rings. The van der Waals surface area contributed by atoms with Gasteiger partial charge < -0.3 is 9.64 Å². The predicted octanol–water partition coefficient (Wildman–Crippen LogP) is 2.67. The smallest absolute Gasteiger partial charge is 0.244 e. The number of hydrogen-bond donors (Lipinski definition) is 0. The van der Waals surface area contributed by atoms with Crippen LogP contribution in [0.5, 0.6) is 5.75 Å². The van der Waals surface area contributed by atoms with Gasteiger partial charge in [0.15, 0.2) is 15.0 Å². The van der Waals surface area contributed by atoms with Crippen LogP contribution < -0.4 is 9.64 Å². The number of amides is 1. The average molecular weight is 434 g/mol. The van der Waals surface area contributed by atoms with Crippen LogP contribution in [-0.4, -0.2) is 64.3 Å². The monoisotopic (exact) mass is 433 g/mol. The number of methoxy groups -OCH3 is 1. The summed E-state index contributed by atoms with van der Waals surface area (Å²) >= 11 is 1.38. The zero-order chi connectivity index (χ0) is 21.0. The van der Waals surface area contributed by atoms with Crippen molar-refractivity contribution in [1.82, 2.24) is 9.88 Å². The van der Waals surface area contributed by atoms with Crippen molar-refractivity contribution in [2.45, 2.75) is 4.90 Å². The van der Waals surface area contributed by atoms with Crippen molar-refractivity contribution in [3.63, 3.8) is 0 Å². The van der Waals surface area contributed by atoms with Crippen molar-refractivity contribution in [1.29, 1.82) is 0 Å². The van der Waals surface area contributed by atoms with E-state index in [1.165, 1.54) is 35.5 Å². The minimum absolute atomic E-state index is 0.0866. The van der Waals surface area contributed by atoms with Crippen LogP contribution in [0.3, 0.4) is 0 Å². The summed E-state index contributed by atoms with van der Waals surface area (Å²) in [4.78, 5) is 21.0. The Morgan fingerprint density at radius 3 is 2.38 bits per heavy atom. The van der Waals surface area contributed by atoms with Gasteiger partial charge in [0, 0.05) is 13.1 Å². The molecule has 1 amide bonds. The van der Waals surface area contributed by atoms with Crippen LogP contribution in [-0.2, 0) is 14.6 Å². The molecule has 2 aromatic carbocycles. The topological polar surface area (TPSA) is 79.8 Å². The van der Waals surface area contributed by atoms with Crippen LogP contribution in [0.25, 0.3) is 10.2 Å². The number of para-hydroxylation sites is 1. The van der Waals surface area contributed by atoms with Crippen molar-refractivity contribution < 1.29 is 17.9 Å². The zero-order valence-electron chi connectivity index (χ0n) is 16.5. The standard InChI is InChI=1S/C20H23N3O4S2/c1-22(2)12-13-23(20-21-17-6-4-5-7-18(17)28-20)19(24)14-29(25,26)16-10-8-15(27-3)9-11-16/h4-11H,12-14H2,1-3H3. The molecular weight excluding hydrogens is 410 g/mol. The van der Waals surface area contributed by atoms with Gasteiger partial charge in [0.1, 0.15) is 11.5 Å². The molecule has 1 heterocycles. The Bertz CT molecular complexity index is 1060. The van der Waals surface area contributed by atoms with E-state index in [1.54, 1.807) is 12.1 Å². The van der Waals surface area contributed by atoms with Crippen molar-refractivity contribution in [2.75, 3.05) is 44.9 Å². The van der Waals surface area contributed by atoms with Gasteiger partial charge in [-0.3, -0.25) is 9.69 Å². The minimum Gasteiger partial charge on any atom is -0.497 e. The molecule has 0 spiro atoms. The van der Waals surface area contributed by atoms with Crippen LogP contribution in [0.15, 0.2) is 53.4 Å². The molecular formula is C20H23N3O4S2. The Morgan fingerprint density at radius 2 is 1.76 bits per heavy atom. The van der Waals surface area contributed by atoms with Crippen molar-refractivity contribution in [2.24, 2.45) is 0 Å². The summed E-state index contributed by atoms with van der Waals surface area (Å²) in [5, 5.41) is 0.503. The normalized spacial score (nSPS) is 11.7. The fourth-order valence-corrected chi connectivity index (χ4v) is 4.92. The van der Waals surface area contributed by atoms with Crippen LogP contribution in [0, 0.1) is 0 Å². The lowest BCUT2D eigenvalue weighted by Crippen LogP contribution is -2.40. The van der Waals surface area contributed by atoms with Gasteiger partial charge in [-0.2, -0.15) is 0 Å². The van der Waals surface area contributed by atoms with Gasteiger partial charge in [0.05, 0.1) is 22.2 Å². The molecule has 0 N–H and O–H groups in total. The van der Waals surface area contributed by atoms with Gasteiger partial charge in [-0.15, -0.1) is 0 Å². The first kappa shape index (κ1) is 21.2. The summed E-state index contributed by atoms with van der Waals surface area (Å²) in [6, 6.07) is 13.6. The second kappa shape index (κ2) is 8.89. The highest BCUT2D eigenvalue weighted by Gasteiger charge is 2.26. The maximum Gasteiger partial charge on any atom is 0.244 e. The number of thiazole rings is 1. The van der Waals surface area contributed by atoms with E-state index in [2.05, 4.69) is 4.98 Å². The molecule has 0 saturated carbocycles. The first-order valence-electron chi connectivity index (χ1n) is 8.97. The second-order valence-electron chi connectivity index (χ2n) is 6.75. The lowest BCUT2D eigenvalue weighted by atomic mass is 10.3. The molecule has 0 unspecified atom stereocenters. The first-order chi connectivity index (χ1) is 13.8. The van der Waals surface area contributed by atoms with E-state index in [0.717, 1.165) is 10.2 Å². The van der Waals surface area contributed by atoms with E-state index in [-0.39, 0.29) is 4.90 Å². The highest BCUT2D eigenvalue weighted by molar-refractivity contribution is 7.92. The summed E-state index contributed by atoms with van der Waals surface area (Å²) in [5.41, 5.74) is 0.785. The SMILES string of the molecule is COc1ccc(S(=O)(=O)CC(=O)N(CCN(C)C)c2nc3ccccc3s2)cc1. The molecule has 29 heavy (non-hydrogen) atoms. The van der Waals surface area contributed by atoms with Crippen LogP contribution in [0.2, 0.25) is 0 Å². The molecule has 0 bridgehead atoms. The quantitative estimate of drug-likeness (QED) is 0.543. The van der Waals surface area contributed by atoms with Crippen LogP contribution in [0.4, 0.5) is 5.13 Å². The van der Waals surface area contributed by atoms with Gasteiger partial charge in [-0.05, 0) is 50.5 Å². The van der Waals surface area contributed by atoms with Crippen LogP contribution >= 0.6 is 11.3 Å². The molecule has 3 rings (SSSR count). The molecule has 3 aromatic rings. The molecule has 0 aliphatic rings. The lowest BCUT2D eigenvalue weighted by Gasteiger charge is -2.22. The molecule has 0 saturated heterocycles. The Balaban J connectivity index is 1.87. The average Bonchev–Trinajstić information content (AvgIpc) is 3.11. The third kappa shape index (κ3) is 5.11. The Morgan fingerprint density at radius 1 is 1.07 bits per heavy atom. The third-order valence-corrected chi connectivity index (χ3v) is 6.99. The van der Waals surface area contributed by atoms with Crippen molar-refractivity contribution in [3.05, 3.63) is 48.5 Å². The molecule has 1 aromatic heterocycles. The summed E-state index contributed by atoms with van der Waals surface area (Å²) in [6.45, 7) is 0.939. The maximum absolute atomic E-state index is 13.0. The van der Waals surface area contributed by atoms with Crippen molar-refractivity contribution >= 4 is 42.4 Å². The molecule has 0 aliphatic heterocycles. The fourth-order valence-electron chi connectivity index (χ4n) is 2.71. The summed E-state index contributed by atoms with van der Waals surface area (Å²) in [5.74, 6) is -0.568. The number of rotatable bonds is 8. The highest BCUT2D eigenvalue weighted by atomic mass is 32.2. The van der Waals surface area contributed by atoms with E-state index in [9.17, 15) is 13.2 Å². The molecule has 154 valence electrons. The summed E-state index contributed by atoms with van der Waals surface area (Å²) < 4.78 is 31.6. The molecule has 0 atom stereocenters. The molecule has 9 heteroatoms. The Hall–Kier alpha value is -2.49. The van der Waals surface area contributed by atoms with Gasteiger partial charge in [0.25, 0.3) is 0 Å². The van der Waals surface area contributed by atoms with Gasteiger partial charge in [0.2, 0.25) is 5.91 Å². The number of sulfone groups is 1. The van der Waals surface area contributed by atoms with Gasteiger partial charge in [-0.1, -0.05) is 23.5 Å². The largest absolute Gasteiger partial charge is 0.497 e. The van der Waals surface area contributed by atoms with E-state index >= 15 is 0 Å². The maximum atomic E-state index is 13.0. The number of carbonyl (C=O) groups is 1. The lowest BCUT2D eigenvalue weighted by molar-refractivity contribution is -0.116. The summed E-state index contributed by atoms with van der Waals surface area (Å²) in [6.07, 6.45) is 0. The number of ether oxygens (including phenoxy) is 1. The van der Waals surface area contributed by atoms with E-state index in [0.29, 0.717) is 24.0 Å². The third-order valence-electron chi connectivity index (χ3n) is 4.32. The fraction of sp³-hybridized carbons (Fsp3) is 0.300. The summed E-state index contributed by atoms with van der Waals surface area (Å²) in [7, 11) is 1.51. The van der Waals surface area contributed by atoms with Crippen LogP contribution in [0.1, 0.15) is 0 Å². The first-order valence-corrected chi connectivity index (χ1v) is 11.4. The minimum atomic E-state index is -3.79. The molecule has 7 nitrogen and oxygen atoms in total. The number of likely N-dealkylation sites (N-methyl/N-ethyl adjacent to an activating group) is 1. The zero-order valence-corrected chi connectivity index (χ0v) is 18.2. The number of anilines is 1. The Labute approximate surface area is 174 Å². The molecule has 0 radical (unpaired) electrons. The number of nitrogens with zero attached hydrogens (tertiary/aromatic N) is 3. The Kier molecular flexibility index (Phi) is 6.51.